The molecule has 0 amide bonds. The van der Waals surface area contributed by atoms with Gasteiger partial charge in [0.1, 0.15) is 12.2 Å². The Kier molecular flexibility index (Phi) is 7.51. The van der Waals surface area contributed by atoms with E-state index in [1.807, 2.05) is 20.3 Å². The highest BCUT2D eigenvalue weighted by atomic mass is 16.6. The fourth-order valence-electron chi connectivity index (χ4n) is 8.27. The zero-order valence-electron chi connectivity index (χ0n) is 21.7. The summed E-state index contributed by atoms with van der Waals surface area (Å²) >= 11 is 0. The molecule has 0 aromatic rings. The van der Waals surface area contributed by atoms with Crippen molar-refractivity contribution in [3.8, 4) is 0 Å². The molecule has 190 valence electrons. The molecule has 0 bridgehead atoms. The summed E-state index contributed by atoms with van der Waals surface area (Å²) in [5.41, 5.74) is 5.38. The minimum Gasteiger partial charge on any atom is -0.395 e. The molecular weight excluding hydrogens is 414 g/mol. The van der Waals surface area contributed by atoms with Gasteiger partial charge in [-0.25, -0.2) is 0 Å². The molecule has 0 spiro atoms. The van der Waals surface area contributed by atoms with Gasteiger partial charge in [0.05, 0.1) is 11.8 Å². The highest BCUT2D eigenvalue weighted by Gasteiger charge is 2.65. The fraction of sp³-hybridized carbons (Fsp3) is 0.963. The summed E-state index contributed by atoms with van der Waals surface area (Å²) in [4.78, 5) is 7.69. The molecule has 4 rings (SSSR count). The van der Waals surface area contributed by atoms with Crippen LogP contribution in [0.5, 0.6) is 0 Å². The van der Waals surface area contributed by atoms with E-state index >= 15 is 0 Å². The summed E-state index contributed by atoms with van der Waals surface area (Å²) in [7, 11) is 4.08. The quantitative estimate of drug-likeness (QED) is 0.304. The summed E-state index contributed by atoms with van der Waals surface area (Å²) in [5, 5.41) is 16.3. The second-order valence-corrected chi connectivity index (χ2v) is 12.5. The molecule has 0 aromatic carbocycles. The Morgan fingerprint density at radius 2 is 1.85 bits per heavy atom. The van der Waals surface area contributed by atoms with E-state index in [0.29, 0.717) is 37.5 Å². The molecule has 3 N–H and O–H groups in total. The van der Waals surface area contributed by atoms with Crippen LogP contribution in [0.15, 0.2) is 5.16 Å². The zero-order valence-corrected chi connectivity index (χ0v) is 21.7. The van der Waals surface area contributed by atoms with Gasteiger partial charge < -0.3 is 25.3 Å². The second kappa shape index (κ2) is 9.75. The maximum absolute atomic E-state index is 11.9. The molecule has 33 heavy (non-hydrogen) atoms. The van der Waals surface area contributed by atoms with Gasteiger partial charge in [0.15, 0.2) is 0 Å². The lowest BCUT2D eigenvalue weighted by atomic mass is 9.43. The predicted octanol–water partition coefficient (Wildman–Crippen LogP) is 4.20. The number of hydrogen-bond acceptors (Lipinski definition) is 6. The molecule has 0 radical (unpaired) electrons. The van der Waals surface area contributed by atoms with Crippen LogP contribution in [0, 0.1) is 28.6 Å². The summed E-state index contributed by atoms with van der Waals surface area (Å²) in [6, 6.07) is 0. The normalized spacial score (nSPS) is 45.1. The van der Waals surface area contributed by atoms with Crippen molar-refractivity contribution in [1.29, 1.82) is 0 Å². The number of likely N-dealkylation sites (N-methyl/N-ethyl adjacent to an activating group) is 1. The average Bonchev–Trinajstić information content (AvgIpc) is 3.09. The molecule has 4 fully saturated rings. The highest BCUT2D eigenvalue weighted by Crippen LogP contribution is 2.68. The van der Waals surface area contributed by atoms with Crippen LogP contribution >= 0.6 is 0 Å². The highest BCUT2D eigenvalue weighted by molar-refractivity contribution is 5.68. The molecule has 4 aliphatic carbocycles. The van der Waals surface area contributed by atoms with Gasteiger partial charge in [-0.2, -0.15) is 0 Å². The van der Waals surface area contributed by atoms with Crippen molar-refractivity contribution in [2.24, 2.45) is 39.5 Å². The monoisotopic (exact) mass is 463 g/mol. The van der Waals surface area contributed by atoms with E-state index in [2.05, 4.69) is 23.9 Å². The summed E-state index contributed by atoms with van der Waals surface area (Å²) in [6.45, 7) is 7.66. The SMILES string of the molecule is CN(C)CCO/N=C/[C@]1(OCCCN)CC[C@@]2(C)[C@H](CC[C@@H]3[C@@H]2CC[C@]2(C)CCC[C@]32O)C1. The van der Waals surface area contributed by atoms with Crippen molar-refractivity contribution in [2.45, 2.75) is 95.7 Å². The van der Waals surface area contributed by atoms with E-state index in [0.717, 1.165) is 45.1 Å². The average molecular weight is 464 g/mol. The van der Waals surface area contributed by atoms with Crippen LogP contribution in [0.3, 0.4) is 0 Å². The molecule has 0 unspecified atom stereocenters. The lowest BCUT2D eigenvalue weighted by molar-refractivity contribution is -0.208. The maximum Gasteiger partial charge on any atom is 0.129 e. The summed E-state index contributed by atoms with van der Waals surface area (Å²) in [5.74, 6) is 1.70. The van der Waals surface area contributed by atoms with Crippen molar-refractivity contribution in [3.63, 3.8) is 0 Å². The summed E-state index contributed by atoms with van der Waals surface area (Å²) in [6.07, 6.45) is 14.2. The van der Waals surface area contributed by atoms with E-state index in [4.69, 9.17) is 15.3 Å². The molecule has 6 heteroatoms. The Bertz CT molecular complexity index is 702. The van der Waals surface area contributed by atoms with Gasteiger partial charge in [0, 0.05) is 13.2 Å². The van der Waals surface area contributed by atoms with E-state index in [-0.39, 0.29) is 16.4 Å². The van der Waals surface area contributed by atoms with Crippen LogP contribution in [-0.2, 0) is 9.57 Å². The van der Waals surface area contributed by atoms with Crippen LogP contribution in [0.1, 0.15) is 84.5 Å². The Hall–Kier alpha value is -0.690. The molecule has 7 atom stereocenters. The molecular formula is C27H49N3O3. The van der Waals surface area contributed by atoms with E-state index in [1.54, 1.807) is 0 Å². The zero-order chi connectivity index (χ0) is 23.7. The lowest BCUT2D eigenvalue weighted by Crippen LogP contribution is -2.62. The lowest BCUT2D eigenvalue weighted by Gasteiger charge is -2.64. The van der Waals surface area contributed by atoms with Crippen molar-refractivity contribution in [2.75, 3.05) is 40.4 Å². The Morgan fingerprint density at radius 3 is 2.61 bits per heavy atom. The largest absolute Gasteiger partial charge is 0.395 e. The van der Waals surface area contributed by atoms with Crippen molar-refractivity contribution >= 4 is 6.21 Å². The maximum atomic E-state index is 11.9. The van der Waals surface area contributed by atoms with Gasteiger partial charge in [-0.15, -0.1) is 0 Å². The van der Waals surface area contributed by atoms with Gasteiger partial charge in [-0.3, -0.25) is 0 Å². The van der Waals surface area contributed by atoms with Crippen molar-refractivity contribution in [1.82, 2.24) is 4.90 Å². The van der Waals surface area contributed by atoms with Gasteiger partial charge >= 0.3 is 0 Å². The Labute approximate surface area is 201 Å². The summed E-state index contributed by atoms with van der Waals surface area (Å²) < 4.78 is 6.50. The van der Waals surface area contributed by atoms with Crippen LogP contribution in [0.25, 0.3) is 0 Å². The smallest absolute Gasteiger partial charge is 0.129 e. The number of fused-ring (bicyclic) bond motifs is 5. The Balaban J connectivity index is 1.48. The predicted molar refractivity (Wildman–Crippen MR) is 133 cm³/mol. The Morgan fingerprint density at radius 1 is 1.03 bits per heavy atom. The molecule has 0 aromatic heterocycles. The van der Waals surface area contributed by atoms with Crippen LogP contribution < -0.4 is 5.73 Å². The number of aliphatic hydroxyl groups is 1. The fourth-order valence-corrected chi connectivity index (χ4v) is 8.27. The standard InChI is InChI=1S/C27H49N3O3/c1-24-10-5-11-27(24,31)23-8-7-21-19-26(32-17-6-15-28,20-29-33-18-16-30(3)4)14-13-25(21,2)22(23)9-12-24/h20-23,31H,5-19,28H2,1-4H3/b29-20+/t21-,22+,23-,24+,25+,26+,27+/m1/s1. The first kappa shape index (κ1) is 25.4. The van der Waals surface area contributed by atoms with Crippen molar-refractivity contribution in [3.05, 3.63) is 0 Å². The molecule has 0 aliphatic heterocycles. The van der Waals surface area contributed by atoms with E-state index in [9.17, 15) is 5.11 Å². The molecule has 0 saturated heterocycles. The number of oxime groups is 1. The third-order valence-electron chi connectivity index (χ3n) is 10.5. The number of hydrogen-bond donors (Lipinski definition) is 2. The first-order valence-electron chi connectivity index (χ1n) is 13.6. The minimum atomic E-state index is -0.447. The van der Waals surface area contributed by atoms with Gasteiger partial charge in [-0.1, -0.05) is 19.0 Å². The first-order chi connectivity index (χ1) is 15.7. The van der Waals surface area contributed by atoms with E-state index < -0.39 is 5.60 Å². The minimum absolute atomic E-state index is 0.137. The number of ether oxygens (including phenoxy) is 1. The van der Waals surface area contributed by atoms with Gasteiger partial charge in [0.25, 0.3) is 0 Å². The van der Waals surface area contributed by atoms with Gasteiger partial charge in [0.2, 0.25) is 0 Å². The van der Waals surface area contributed by atoms with Crippen molar-refractivity contribution < 1.29 is 14.7 Å². The topological polar surface area (TPSA) is 80.3 Å². The second-order valence-electron chi connectivity index (χ2n) is 12.5. The van der Waals surface area contributed by atoms with Crippen LogP contribution in [-0.4, -0.2) is 67.8 Å². The van der Waals surface area contributed by atoms with Crippen LogP contribution in [0.4, 0.5) is 0 Å². The molecule has 4 aliphatic rings. The first-order valence-corrected chi connectivity index (χ1v) is 13.6. The van der Waals surface area contributed by atoms with E-state index in [1.165, 1.54) is 32.1 Å². The third kappa shape index (κ3) is 4.62. The van der Waals surface area contributed by atoms with Crippen LogP contribution in [0.2, 0.25) is 0 Å². The molecule has 6 nitrogen and oxygen atoms in total. The third-order valence-corrected chi connectivity index (χ3v) is 10.5. The van der Waals surface area contributed by atoms with Gasteiger partial charge in [-0.05, 0) is 120 Å². The molecule has 0 heterocycles. The molecule has 4 saturated carbocycles. The number of nitrogens with two attached hydrogens (primary N) is 1. The number of nitrogens with zero attached hydrogens (tertiary/aromatic N) is 2. The number of rotatable bonds is 9.